The molecule has 0 bridgehead atoms. The maximum absolute atomic E-state index is 12.8. The van der Waals surface area contributed by atoms with E-state index in [1.165, 1.54) is 6.33 Å². The molecule has 0 spiro atoms. The van der Waals surface area contributed by atoms with Crippen LogP contribution in [0.3, 0.4) is 0 Å². The van der Waals surface area contributed by atoms with Crippen LogP contribution in [0, 0.1) is 17.8 Å². The normalized spacial score (nSPS) is 27.1. The van der Waals surface area contributed by atoms with Crippen molar-refractivity contribution in [2.75, 3.05) is 39.4 Å². The minimum Gasteiger partial charge on any atom is -0.381 e. The van der Waals surface area contributed by atoms with Crippen molar-refractivity contribution in [3.05, 3.63) is 12.7 Å². The first-order valence-corrected chi connectivity index (χ1v) is 10.2. The van der Waals surface area contributed by atoms with Gasteiger partial charge in [0.1, 0.15) is 19.2 Å². The summed E-state index contributed by atoms with van der Waals surface area (Å²) in [6.45, 7) is 5.01. The summed E-state index contributed by atoms with van der Waals surface area (Å²) in [4.78, 5) is 33.3. The number of amides is 2. The van der Waals surface area contributed by atoms with Gasteiger partial charge in [0.2, 0.25) is 11.8 Å². The van der Waals surface area contributed by atoms with Gasteiger partial charge in [0.15, 0.2) is 0 Å². The Morgan fingerprint density at radius 2 is 1.78 bits per heavy atom. The second kappa shape index (κ2) is 8.37. The smallest absolute Gasteiger partial charge is 0.244 e. The highest BCUT2D eigenvalue weighted by molar-refractivity contribution is 5.79. The van der Waals surface area contributed by atoms with Crippen LogP contribution < -0.4 is 0 Å². The summed E-state index contributed by atoms with van der Waals surface area (Å²) in [6, 6.07) is 0. The van der Waals surface area contributed by atoms with Crippen LogP contribution in [0.25, 0.3) is 0 Å². The van der Waals surface area contributed by atoms with E-state index in [2.05, 4.69) is 15.0 Å². The van der Waals surface area contributed by atoms with Gasteiger partial charge in [0.25, 0.3) is 0 Å². The topological polar surface area (TPSA) is 80.6 Å². The molecule has 3 fully saturated rings. The maximum Gasteiger partial charge on any atom is 0.244 e. The second-order valence-electron chi connectivity index (χ2n) is 8.05. The van der Waals surface area contributed by atoms with Crippen molar-refractivity contribution in [2.45, 2.75) is 38.6 Å². The molecule has 3 aliphatic heterocycles. The van der Waals surface area contributed by atoms with E-state index in [4.69, 9.17) is 4.74 Å². The van der Waals surface area contributed by atoms with E-state index in [0.29, 0.717) is 31.0 Å². The lowest BCUT2D eigenvalue weighted by Crippen LogP contribution is -2.44. The summed E-state index contributed by atoms with van der Waals surface area (Å²) in [5.74, 6) is 1.57. The first-order chi connectivity index (χ1) is 13.2. The molecule has 27 heavy (non-hydrogen) atoms. The Labute approximate surface area is 159 Å². The summed E-state index contributed by atoms with van der Waals surface area (Å²) < 4.78 is 6.96. The Morgan fingerprint density at radius 3 is 2.56 bits per heavy atom. The third-order valence-corrected chi connectivity index (χ3v) is 6.35. The van der Waals surface area contributed by atoms with Crippen molar-refractivity contribution in [1.82, 2.24) is 24.6 Å². The van der Waals surface area contributed by atoms with Crippen molar-refractivity contribution in [3.63, 3.8) is 0 Å². The first kappa shape index (κ1) is 18.4. The van der Waals surface area contributed by atoms with E-state index < -0.39 is 0 Å². The summed E-state index contributed by atoms with van der Waals surface area (Å²) in [6.07, 6.45) is 7.99. The van der Waals surface area contributed by atoms with E-state index in [1.54, 1.807) is 11.0 Å². The number of ether oxygens (including phenoxy) is 1. The molecule has 0 N–H and O–H groups in total. The average molecular weight is 375 g/mol. The van der Waals surface area contributed by atoms with Gasteiger partial charge in [-0.15, -0.1) is 0 Å². The Morgan fingerprint density at radius 1 is 1.00 bits per heavy atom. The number of nitrogens with zero attached hydrogens (tertiary/aromatic N) is 5. The van der Waals surface area contributed by atoms with Crippen molar-refractivity contribution < 1.29 is 14.3 Å². The predicted octanol–water partition coefficient (Wildman–Crippen LogP) is 0.792. The van der Waals surface area contributed by atoms with E-state index in [1.807, 2.05) is 4.90 Å². The van der Waals surface area contributed by atoms with Crippen LogP contribution in [-0.2, 0) is 20.9 Å². The molecule has 1 aromatic rings. The zero-order valence-electron chi connectivity index (χ0n) is 15.8. The Hall–Kier alpha value is -1.96. The largest absolute Gasteiger partial charge is 0.381 e. The number of rotatable bonds is 4. The molecule has 0 aliphatic carbocycles. The number of likely N-dealkylation sites (tertiary alicyclic amines) is 2. The molecule has 0 radical (unpaired) electrons. The lowest BCUT2D eigenvalue weighted by molar-refractivity contribution is -0.138. The number of aromatic nitrogens is 3. The molecule has 148 valence electrons. The van der Waals surface area contributed by atoms with E-state index in [-0.39, 0.29) is 18.4 Å². The second-order valence-corrected chi connectivity index (χ2v) is 8.05. The molecule has 3 saturated heterocycles. The van der Waals surface area contributed by atoms with E-state index in [9.17, 15) is 9.59 Å². The molecule has 4 rings (SSSR count). The standard InChI is InChI=1S/C19H29N5O3/c25-18(12-24-14-20-13-21-24)22-6-1-2-16(10-22)17-3-7-23(11-17)19(26)15-4-8-27-9-5-15/h13-17H,1-12H2. The van der Waals surface area contributed by atoms with Crippen LogP contribution in [0.15, 0.2) is 12.7 Å². The third-order valence-electron chi connectivity index (χ3n) is 6.35. The highest BCUT2D eigenvalue weighted by Gasteiger charge is 2.37. The average Bonchev–Trinajstić information content (AvgIpc) is 3.40. The molecule has 2 atom stereocenters. The van der Waals surface area contributed by atoms with Gasteiger partial charge in [-0.05, 0) is 43.9 Å². The molecular formula is C19H29N5O3. The first-order valence-electron chi connectivity index (χ1n) is 10.2. The highest BCUT2D eigenvalue weighted by atomic mass is 16.5. The van der Waals surface area contributed by atoms with Crippen molar-refractivity contribution >= 4 is 11.8 Å². The molecule has 4 heterocycles. The van der Waals surface area contributed by atoms with Crippen LogP contribution in [0.4, 0.5) is 0 Å². The zero-order valence-corrected chi connectivity index (χ0v) is 15.8. The van der Waals surface area contributed by atoms with E-state index >= 15 is 0 Å². The van der Waals surface area contributed by atoms with Gasteiger partial charge in [-0.1, -0.05) is 0 Å². The number of hydrogen-bond donors (Lipinski definition) is 0. The molecule has 3 aliphatic rings. The summed E-state index contributed by atoms with van der Waals surface area (Å²) in [5, 5.41) is 4.03. The molecule has 0 saturated carbocycles. The number of carbonyl (C=O) groups excluding carboxylic acids is 2. The number of hydrogen-bond acceptors (Lipinski definition) is 5. The maximum atomic E-state index is 12.8. The fourth-order valence-corrected chi connectivity index (χ4v) is 4.75. The highest BCUT2D eigenvalue weighted by Crippen LogP contribution is 2.32. The third kappa shape index (κ3) is 4.31. The van der Waals surface area contributed by atoms with Gasteiger partial charge >= 0.3 is 0 Å². The molecular weight excluding hydrogens is 346 g/mol. The monoisotopic (exact) mass is 375 g/mol. The van der Waals surface area contributed by atoms with Crippen LogP contribution in [0.2, 0.25) is 0 Å². The summed E-state index contributed by atoms with van der Waals surface area (Å²) in [7, 11) is 0. The SMILES string of the molecule is O=C(Cn1cncn1)N1CCCC(C2CCN(C(=O)C3CCOCC3)C2)C1. The van der Waals surface area contributed by atoms with Gasteiger partial charge in [0, 0.05) is 45.3 Å². The Kier molecular flexibility index (Phi) is 5.71. The van der Waals surface area contributed by atoms with Gasteiger partial charge in [-0.25, -0.2) is 9.67 Å². The minimum absolute atomic E-state index is 0.110. The Bertz CT molecular complexity index is 644. The van der Waals surface area contributed by atoms with Crippen molar-refractivity contribution in [2.24, 2.45) is 17.8 Å². The number of carbonyl (C=O) groups is 2. The minimum atomic E-state index is 0.110. The fourth-order valence-electron chi connectivity index (χ4n) is 4.75. The summed E-state index contributed by atoms with van der Waals surface area (Å²) >= 11 is 0. The van der Waals surface area contributed by atoms with Gasteiger partial charge in [-0.3, -0.25) is 9.59 Å². The predicted molar refractivity (Wildman–Crippen MR) is 97.6 cm³/mol. The fraction of sp³-hybridized carbons (Fsp3) is 0.789. The quantitative estimate of drug-likeness (QED) is 0.777. The zero-order chi connectivity index (χ0) is 18.6. The van der Waals surface area contributed by atoms with Crippen LogP contribution in [0.5, 0.6) is 0 Å². The van der Waals surface area contributed by atoms with Crippen LogP contribution >= 0.6 is 0 Å². The molecule has 0 aromatic carbocycles. The van der Waals surface area contributed by atoms with Crippen molar-refractivity contribution in [1.29, 1.82) is 0 Å². The summed E-state index contributed by atoms with van der Waals surface area (Å²) in [5.41, 5.74) is 0. The van der Waals surface area contributed by atoms with Gasteiger partial charge in [-0.2, -0.15) is 5.10 Å². The lowest BCUT2D eigenvalue weighted by Gasteiger charge is -2.36. The molecule has 8 heteroatoms. The molecule has 1 aromatic heterocycles. The van der Waals surface area contributed by atoms with Crippen LogP contribution in [0.1, 0.15) is 32.1 Å². The molecule has 8 nitrogen and oxygen atoms in total. The lowest BCUT2D eigenvalue weighted by atomic mass is 9.85. The van der Waals surface area contributed by atoms with Gasteiger partial charge in [0.05, 0.1) is 0 Å². The molecule has 2 amide bonds. The van der Waals surface area contributed by atoms with E-state index in [0.717, 1.165) is 58.3 Å². The van der Waals surface area contributed by atoms with Gasteiger partial charge < -0.3 is 14.5 Å². The van der Waals surface area contributed by atoms with Crippen LogP contribution in [-0.4, -0.2) is 75.8 Å². The Balaban J connectivity index is 1.29. The molecule has 2 unspecified atom stereocenters. The van der Waals surface area contributed by atoms with Crippen molar-refractivity contribution in [3.8, 4) is 0 Å². The number of piperidine rings is 1.